The number of benzene rings is 3. The van der Waals surface area contributed by atoms with Crippen LogP contribution in [-0.4, -0.2) is 25.7 Å². The molecule has 0 unspecified atom stereocenters. The van der Waals surface area contributed by atoms with Gasteiger partial charge in [0.15, 0.2) is 0 Å². The predicted molar refractivity (Wildman–Crippen MR) is 120 cm³/mol. The lowest BCUT2D eigenvalue weighted by Gasteiger charge is -2.17. The summed E-state index contributed by atoms with van der Waals surface area (Å²) in [6.45, 7) is 2.29. The molecule has 0 bridgehead atoms. The molecular formula is C24H24N2O3S. The van der Waals surface area contributed by atoms with Gasteiger partial charge in [-0.05, 0) is 48.4 Å². The van der Waals surface area contributed by atoms with Gasteiger partial charge >= 0.3 is 0 Å². The normalized spacial score (nSPS) is 11.7. The molecule has 0 spiro atoms. The van der Waals surface area contributed by atoms with Gasteiger partial charge in [0.05, 0.1) is 4.90 Å². The van der Waals surface area contributed by atoms with E-state index >= 15 is 0 Å². The molecule has 0 fully saturated rings. The zero-order valence-corrected chi connectivity index (χ0v) is 17.8. The number of hydrogen-bond donors (Lipinski definition) is 1. The number of sulfonamides is 1. The second kappa shape index (κ2) is 9.52. The average Bonchev–Trinajstić information content (AvgIpc) is 2.74. The van der Waals surface area contributed by atoms with E-state index in [1.165, 1.54) is 22.5 Å². The first kappa shape index (κ1) is 21.5. The van der Waals surface area contributed by atoms with Crippen molar-refractivity contribution in [2.45, 2.75) is 18.4 Å². The number of nitrogens with one attached hydrogen (secondary N) is 1. The Morgan fingerprint density at radius 3 is 2.20 bits per heavy atom. The first-order valence-electron chi connectivity index (χ1n) is 9.51. The van der Waals surface area contributed by atoms with Crippen molar-refractivity contribution in [2.75, 3.05) is 12.4 Å². The van der Waals surface area contributed by atoms with Crippen molar-refractivity contribution >= 4 is 27.7 Å². The summed E-state index contributed by atoms with van der Waals surface area (Å²) in [6, 6.07) is 23.4. The molecule has 0 atom stereocenters. The molecular weight excluding hydrogens is 396 g/mol. The SMILES string of the molecule is Cc1ccc(C=CC(=O)Nc2ccc(S(=O)(=O)N(C)Cc3ccccc3)cc2)cc1. The minimum absolute atomic E-state index is 0.175. The molecule has 0 aliphatic carbocycles. The lowest BCUT2D eigenvalue weighted by Crippen LogP contribution is -2.26. The largest absolute Gasteiger partial charge is 0.323 e. The lowest BCUT2D eigenvalue weighted by atomic mass is 10.1. The van der Waals surface area contributed by atoms with Crippen LogP contribution in [-0.2, 0) is 21.4 Å². The molecule has 3 rings (SSSR count). The number of carbonyl (C=O) groups excluding carboxylic acids is 1. The molecule has 0 aliphatic heterocycles. The van der Waals surface area contributed by atoms with Gasteiger partial charge in [-0.1, -0.05) is 60.2 Å². The van der Waals surface area contributed by atoms with Crippen LogP contribution >= 0.6 is 0 Å². The fourth-order valence-electron chi connectivity index (χ4n) is 2.85. The highest BCUT2D eigenvalue weighted by molar-refractivity contribution is 7.89. The van der Waals surface area contributed by atoms with Gasteiger partial charge in [0.25, 0.3) is 0 Å². The Kier molecular flexibility index (Phi) is 6.82. The fraction of sp³-hybridized carbons (Fsp3) is 0.125. The van der Waals surface area contributed by atoms with E-state index in [-0.39, 0.29) is 17.3 Å². The molecule has 3 aromatic rings. The number of nitrogens with zero attached hydrogens (tertiary/aromatic N) is 1. The summed E-state index contributed by atoms with van der Waals surface area (Å²) in [7, 11) is -2.08. The van der Waals surface area contributed by atoms with E-state index in [1.807, 2.05) is 61.5 Å². The van der Waals surface area contributed by atoms with E-state index in [9.17, 15) is 13.2 Å². The van der Waals surface area contributed by atoms with Crippen molar-refractivity contribution in [3.63, 3.8) is 0 Å². The van der Waals surface area contributed by atoms with E-state index in [1.54, 1.807) is 25.3 Å². The average molecular weight is 421 g/mol. The van der Waals surface area contributed by atoms with Gasteiger partial charge in [-0.3, -0.25) is 4.79 Å². The van der Waals surface area contributed by atoms with Gasteiger partial charge in [-0.25, -0.2) is 8.42 Å². The molecule has 0 saturated heterocycles. The maximum atomic E-state index is 12.8. The monoisotopic (exact) mass is 420 g/mol. The van der Waals surface area contributed by atoms with Crippen molar-refractivity contribution < 1.29 is 13.2 Å². The Hall–Kier alpha value is -3.22. The fourth-order valence-corrected chi connectivity index (χ4v) is 4.01. The van der Waals surface area contributed by atoms with Gasteiger partial charge in [-0.2, -0.15) is 4.31 Å². The molecule has 6 heteroatoms. The molecule has 0 saturated carbocycles. The van der Waals surface area contributed by atoms with Gasteiger partial charge in [0.2, 0.25) is 15.9 Å². The van der Waals surface area contributed by atoms with Crippen LogP contribution in [0.25, 0.3) is 6.08 Å². The van der Waals surface area contributed by atoms with Gasteiger partial charge in [-0.15, -0.1) is 0 Å². The maximum Gasteiger partial charge on any atom is 0.248 e. The molecule has 1 amide bonds. The van der Waals surface area contributed by atoms with Crippen LogP contribution in [0.15, 0.2) is 89.8 Å². The Balaban J connectivity index is 1.63. The Labute approximate surface area is 177 Å². The lowest BCUT2D eigenvalue weighted by molar-refractivity contribution is -0.111. The third-order valence-corrected chi connectivity index (χ3v) is 6.40. The Bertz CT molecular complexity index is 1120. The van der Waals surface area contributed by atoms with Crippen molar-refractivity contribution in [2.24, 2.45) is 0 Å². The quantitative estimate of drug-likeness (QED) is 0.574. The zero-order chi connectivity index (χ0) is 21.6. The smallest absolute Gasteiger partial charge is 0.248 e. The topological polar surface area (TPSA) is 66.5 Å². The Morgan fingerprint density at radius 2 is 1.57 bits per heavy atom. The highest BCUT2D eigenvalue weighted by Gasteiger charge is 2.20. The standard InChI is InChI=1S/C24H24N2O3S/c1-19-8-10-20(11-9-19)12-17-24(27)25-22-13-15-23(16-14-22)30(28,29)26(2)18-21-6-4-3-5-7-21/h3-17H,18H2,1-2H3,(H,25,27). The third kappa shape index (κ3) is 5.65. The molecule has 154 valence electrons. The maximum absolute atomic E-state index is 12.8. The van der Waals surface area contributed by atoms with E-state index in [2.05, 4.69) is 5.32 Å². The summed E-state index contributed by atoms with van der Waals surface area (Å²) in [5.41, 5.74) is 3.52. The van der Waals surface area contributed by atoms with Crippen LogP contribution in [0.1, 0.15) is 16.7 Å². The predicted octanol–water partition coefficient (Wildman–Crippen LogP) is 4.47. The molecule has 0 heterocycles. The highest BCUT2D eigenvalue weighted by atomic mass is 32.2. The van der Waals surface area contributed by atoms with Gasteiger partial charge in [0, 0.05) is 25.4 Å². The number of carbonyl (C=O) groups is 1. The summed E-state index contributed by atoms with van der Waals surface area (Å²) in [5, 5.41) is 2.74. The number of rotatable bonds is 7. The minimum atomic E-state index is -3.63. The first-order chi connectivity index (χ1) is 14.3. The molecule has 0 aromatic heterocycles. The van der Waals surface area contributed by atoms with Crippen LogP contribution in [0, 0.1) is 6.92 Å². The van der Waals surface area contributed by atoms with Gasteiger partial charge < -0.3 is 5.32 Å². The molecule has 30 heavy (non-hydrogen) atoms. The van der Waals surface area contributed by atoms with Crippen molar-refractivity contribution in [3.05, 3.63) is 102 Å². The highest BCUT2D eigenvalue weighted by Crippen LogP contribution is 2.19. The molecule has 0 radical (unpaired) electrons. The van der Waals surface area contributed by atoms with Crippen LogP contribution in [0.4, 0.5) is 5.69 Å². The molecule has 3 aromatic carbocycles. The van der Waals surface area contributed by atoms with Crippen molar-refractivity contribution in [3.8, 4) is 0 Å². The van der Waals surface area contributed by atoms with Crippen LogP contribution in [0.2, 0.25) is 0 Å². The second-order valence-electron chi connectivity index (χ2n) is 7.00. The van der Waals surface area contributed by atoms with Crippen LogP contribution in [0.5, 0.6) is 0 Å². The second-order valence-corrected chi connectivity index (χ2v) is 9.05. The molecule has 5 nitrogen and oxygen atoms in total. The summed E-state index contributed by atoms with van der Waals surface area (Å²) >= 11 is 0. The summed E-state index contributed by atoms with van der Waals surface area (Å²) in [6.07, 6.45) is 3.18. The minimum Gasteiger partial charge on any atom is -0.323 e. The summed E-state index contributed by atoms with van der Waals surface area (Å²) in [5.74, 6) is -0.285. The molecule has 0 aliphatic rings. The van der Waals surface area contributed by atoms with Crippen molar-refractivity contribution in [1.29, 1.82) is 0 Å². The molecule has 1 N–H and O–H groups in total. The first-order valence-corrected chi connectivity index (χ1v) is 10.9. The van der Waals surface area contributed by atoms with Crippen LogP contribution in [0.3, 0.4) is 0 Å². The van der Waals surface area contributed by atoms with E-state index < -0.39 is 10.0 Å². The number of amides is 1. The van der Waals surface area contributed by atoms with E-state index in [0.717, 1.165) is 16.7 Å². The van der Waals surface area contributed by atoms with Gasteiger partial charge in [0.1, 0.15) is 0 Å². The van der Waals surface area contributed by atoms with E-state index in [0.29, 0.717) is 5.69 Å². The third-order valence-electron chi connectivity index (χ3n) is 4.58. The van der Waals surface area contributed by atoms with E-state index in [4.69, 9.17) is 0 Å². The number of anilines is 1. The van der Waals surface area contributed by atoms with Crippen molar-refractivity contribution in [1.82, 2.24) is 4.31 Å². The van der Waals surface area contributed by atoms with Crippen LogP contribution < -0.4 is 5.32 Å². The Morgan fingerprint density at radius 1 is 0.933 bits per heavy atom. The number of aryl methyl sites for hydroxylation is 1. The zero-order valence-electron chi connectivity index (χ0n) is 16.9. The number of hydrogen-bond acceptors (Lipinski definition) is 3. The summed E-state index contributed by atoms with van der Waals surface area (Å²) < 4.78 is 26.9. The summed E-state index contributed by atoms with van der Waals surface area (Å²) in [4.78, 5) is 12.3.